The molecule has 7 heteroatoms. The molecule has 0 unspecified atom stereocenters. The van der Waals surface area contributed by atoms with Crippen molar-refractivity contribution in [1.82, 2.24) is 15.1 Å². The third kappa shape index (κ3) is 2.89. The second-order valence-corrected chi connectivity index (χ2v) is 7.39. The van der Waals surface area contributed by atoms with E-state index in [1.54, 1.807) is 47.4 Å². The van der Waals surface area contributed by atoms with E-state index in [-0.39, 0.29) is 23.6 Å². The maximum atomic E-state index is 14.8. The molecular weight excluding hydrogens is 373 g/mol. The van der Waals surface area contributed by atoms with Gasteiger partial charge in [-0.3, -0.25) is 9.89 Å². The van der Waals surface area contributed by atoms with Crippen molar-refractivity contribution in [3.8, 4) is 17.0 Å². The van der Waals surface area contributed by atoms with Crippen molar-refractivity contribution in [1.29, 1.82) is 0 Å². The molecule has 6 nitrogen and oxygen atoms in total. The summed E-state index contributed by atoms with van der Waals surface area (Å²) in [5.41, 5.74) is 2.26. The number of carbonyl (C=O) groups excluding carboxylic acids is 1. The molecule has 2 aromatic carbocycles. The molecule has 2 aliphatic heterocycles. The number of ether oxygens (including phenoxy) is 1. The van der Waals surface area contributed by atoms with Crippen LogP contribution in [0.4, 0.5) is 4.39 Å². The molecule has 0 radical (unpaired) electrons. The van der Waals surface area contributed by atoms with Crippen molar-refractivity contribution in [2.45, 2.75) is 25.0 Å². The van der Waals surface area contributed by atoms with E-state index >= 15 is 0 Å². The third-order valence-electron chi connectivity index (χ3n) is 5.65. The number of benzene rings is 2. The number of nitrogens with zero attached hydrogens (tertiary/aromatic N) is 2. The van der Waals surface area contributed by atoms with E-state index in [9.17, 15) is 14.3 Å². The summed E-state index contributed by atoms with van der Waals surface area (Å²) in [5, 5.41) is 17.5. The van der Waals surface area contributed by atoms with Gasteiger partial charge in [-0.05, 0) is 31.0 Å². The van der Waals surface area contributed by atoms with E-state index in [1.165, 1.54) is 6.07 Å². The number of H-pyrrole nitrogens is 1. The third-order valence-corrected chi connectivity index (χ3v) is 5.65. The van der Waals surface area contributed by atoms with Crippen molar-refractivity contribution in [3.63, 3.8) is 0 Å². The lowest BCUT2D eigenvalue weighted by Crippen LogP contribution is -2.36. The zero-order valence-electron chi connectivity index (χ0n) is 15.6. The highest BCUT2D eigenvalue weighted by atomic mass is 19.1. The van der Waals surface area contributed by atoms with Crippen LogP contribution in [0, 0.1) is 5.82 Å². The Bertz CT molecular complexity index is 1070. The second kappa shape index (κ2) is 7.00. The van der Waals surface area contributed by atoms with E-state index in [2.05, 4.69) is 10.2 Å². The van der Waals surface area contributed by atoms with Crippen LogP contribution in [0.5, 0.6) is 5.75 Å². The van der Waals surface area contributed by atoms with Gasteiger partial charge in [-0.25, -0.2) is 4.39 Å². The van der Waals surface area contributed by atoms with Gasteiger partial charge in [0.05, 0.1) is 12.1 Å². The molecule has 2 aliphatic rings. The molecular formula is C22H20FN3O3. The Morgan fingerprint density at radius 2 is 2.00 bits per heavy atom. The molecule has 0 spiro atoms. The van der Waals surface area contributed by atoms with Crippen molar-refractivity contribution in [2.24, 2.45) is 0 Å². The fourth-order valence-corrected chi connectivity index (χ4v) is 4.29. The Hall–Kier alpha value is -3.19. The summed E-state index contributed by atoms with van der Waals surface area (Å²) in [6.07, 6.45) is 1.75. The number of nitrogens with one attached hydrogen (secondary N) is 1. The standard InChI is InChI=1S/C22H20FN3O3/c23-16-9-3-1-7-14(16)21-18-19(15-8-2-4-10-17(15)27)24-25-20(18)22(28)26(21)12-13-6-5-11-29-13/h1-4,7-10,13,21,27H,5-6,11-12H2,(H,24,25)/t13-,21-/m0/s1. The highest BCUT2D eigenvalue weighted by Gasteiger charge is 2.44. The lowest BCUT2D eigenvalue weighted by Gasteiger charge is -2.28. The van der Waals surface area contributed by atoms with E-state index in [0.717, 1.165) is 12.8 Å². The van der Waals surface area contributed by atoms with Crippen LogP contribution < -0.4 is 0 Å². The molecule has 1 aromatic heterocycles. The number of para-hydroxylation sites is 1. The predicted octanol–water partition coefficient (Wildman–Crippen LogP) is 3.65. The normalized spacial score (nSPS) is 21.0. The van der Waals surface area contributed by atoms with Gasteiger partial charge in [0.2, 0.25) is 0 Å². The summed E-state index contributed by atoms with van der Waals surface area (Å²) < 4.78 is 20.6. The van der Waals surface area contributed by atoms with Gasteiger partial charge in [0.1, 0.15) is 23.0 Å². The smallest absolute Gasteiger partial charge is 0.273 e. The van der Waals surface area contributed by atoms with Gasteiger partial charge in [0.25, 0.3) is 5.91 Å². The molecule has 1 saturated heterocycles. The first-order chi connectivity index (χ1) is 14.1. The number of phenols is 1. The minimum Gasteiger partial charge on any atom is -0.507 e. The Morgan fingerprint density at radius 1 is 1.21 bits per heavy atom. The van der Waals surface area contributed by atoms with Crippen LogP contribution >= 0.6 is 0 Å². The van der Waals surface area contributed by atoms with Crippen molar-refractivity contribution < 1.29 is 19.0 Å². The van der Waals surface area contributed by atoms with E-state index in [1.807, 2.05) is 0 Å². The summed E-state index contributed by atoms with van der Waals surface area (Å²) in [5.74, 6) is -0.572. The lowest BCUT2D eigenvalue weighted by atomic mass is 9.95. The highest BCUT2D eigenvalue weighted by Crippen LogP contribution is 2.45. The highest BCUT2D eigenvalue weighted by molar-refractivity contribution is 6.00. The molecule has 0 bridgehead atoms. The van der Waals surface area contributed by atoms with Crippen LogP contribution in [0.3, 0.4) is 0 Å². The van der Waals surface area contributed by atoms with Crippen LogP contribution in [0.15, 0.2) is 48.5 Å². The van der Waals surface area contributed by atoms with Crippen molar-refractivity contribution >= 4 is 5.91 Å². The Balaban J connectivity index is 1.66. The predicted molar refractivity (Wildman–Crippen MR) is 104 cm³/mol. The fourth-order valence-electron chi connectivity index (χ4n) is 4.29. The molecule has 1 fully saturated rings. The quantitative estimate of drug-likeness (QED) is 0.709. The van der Waals surface area contributed by atoms with E-state index in [0.29, 0.717) is 41.2 Å². The topological polar surface area (TPSA) is 78.5 Å². The number of phenolic OH excluding ortho intramolecular Hbond substituents is 1. The number of amides is 1. The van der Waals surface area contributed by atoms with Crippen LogP contribution in [0.25, 0.3) is 11.3 Å². The van der Waals surface area contributed by atoms with Crippen LogP contribution in [0.1, 0.15) is 40.5 Å². The number of fused-ring (bicyclic) bond motifs is 1. The molecule has 148 valence electrons. The first kappa shape index (κ1) is 17.9. The number of carbonyl (C=O) groups is 1. The number of halogens is 1. The van der Waals surface area contributed by atoms with Gasteiger partial charge in [0, 0.05) is 29.8 Å². The number of hydrogen-bond donors (Lipinski definition) is 2. The van der Waals surface area contributed by atoms with Gasteiger partial charge >= 0.3 is 0 Å². The van der Waals surface area contributed by atoms with Crippen molar-refractivity contribution in [2.75, 3.05) is 13.2 Å². The Labute approximate surface area is 166 Å². The fraction of sp³-hybridized carbons (Fsp3) is 0.273. The van der Waals surface area contributed by atoms with Crippen LogP contribution in [-0.2, 0) is 4.74 Å². The molecule has 2 atom stereocenters. The SMILES string of the molecule is O=C1c2[nH]nc(-c3ccccc3O)c2[C@H](c2ccccc2F)N1C[C@@H]1CCCO1. The number of aromatic amines is 1. The van der Waals surface area contributed by atoms with Gasteiger partial charge in [-0.15, -0.1) is 0 Å². The van der Waals surface area contributed by atoms with Crippen molar-refractivity contribution in [3.05, 3.63) is 71.2 Å². The molecule has 2 N–H and O–H groups in total. The average molecular weight is 393 g/mol. The van der Waals surface area contributed by atoms with Gasteiger partial charge in [-0.2, -0.15) is 5.10 Å². The molecule has 0 aliphatic carbocycles. The molecule has 29 heavy (non-hydrogen) atoms. The van der Waals surface area contributed by atoms with Gasteiger partial charge in [-0.1, -0.05) is 30.3 Å². The lowest BCUT2D eigenvalue weighted by molar-refractivity contribution is 0.0492. The van der Waals surface area contributed by atoms with Crippen LogP contribution in [0.2, 0.25) is 0 Å². The zero-order chi connectivity index (χ0) is 20.0. The molecule has 3 aromatic rings. The summed E-state index contributed by atoms with van der Waals surface area (Å²) in [7, 11) is 0. The summed E-state index contributed by atoms with van der Waals surface area (Å²) in [6.45, 7) is 1.05. The van der Waals surface area contributed by atoms with E-state index in [4.69, 9.17) is 4.74 Å². The number of aromatic nitrogens is 2. The molecule has 3 heterocycles. The molecule has 0 saturated carbocycles. The zero-order valence-corrected chi connectivity index (χ0v) is 15.6. The number of hydrogen-bond acceptors (Lipinski definition) is 4. The monoisotopic (exact) mass is 393 g/mol. The van der Waals surface area contributed by atoms with Crippen LogP contribution in [-0.4, -0.2) is 45.4 Å². The minimum atomic E-state index is -0.642. The van der Waals surface area contributed by atoms with E-state index < -0.39 is 6.04 Å². The first-order valence-electron chi connectivity index (χ1n) is 9.68. The minimum absolute atomic E-state index is 0.0547. The average Bonchev–Trinajstić information content (AvgIpc) is 3.43. The van der Waals surface area contributed by atoms with Gasteiger partial charge in [0.15, 0.2) is 0 Å². The summed E-state index contributed by atoms with van der Waals surface area (Å²) in [6, 6.07) is 12.6. The molecule has 1 amide bonds. The molecule has 5 rings (SSSR count). The summed E-state index contributed by atoms with van der Waals surface area (Å²) in [4.78, 5) is 14.9. The largest absolute Gasteiger partial charge is 0.507 e. The van der Waals surface area contributed by atoms with Gasteiger partial charge < -0.3 is 14.7 Å². The summed E-state index contributed by atoms with van der Waals surface area (Å²) >= 11 is 0. The number of rotatable bonds is 4. The maximum Gasteiger partial charge on any atom is 0.273 e. The Morgan fingerprint density at radius 3 is 2.76 bits per heavy atom. The Kier molecular flexibility index (Phi) is 4.32. The number of aromatic hydroxyl groups is 1. The maximum absolute atomic E-state index is 14.8. The second-order valence-electron chi connectivity index (χ2n) is 7.39. The first-order valence-corrected chi connectivity index (χ1v) is 9.68.